The summed E-state index contributed by atoms with van der Waals surface area (Å²) in [5.74, 6) is -0.855. The predicted molar refractivity (Wildman–Crippen MR) is 157 cm³/mol. The van der Waals surface area contributed by atoms with E-state index in [0.717, 1.165) is 22.7 Å². The smallest absolute Gasteiger partial charge is 0.162 e. The van der Waals surface area contributed by atoms with E-state index in [0.29, 0.717) is 11.4 Å². The highest BCUT2D eigenvalue weighted by Gasteiger charge is 2.27. The van der Waals surface area contributed by atoms with Crippen molar-refractivity contribution < 1.29 is 4.39 Å². The van der Waals surface area contributed by atoms with Crippen LogP contribution in [0.3, 0.4) is 0 Å². The standard InChI is InChI=1S/C32H21FN4.C2H6/c33-32-28(22-34)30(36(24-13-5-1-6-14-24)25-15-7-2-8-16-25)21-31(29(32)23-35)37(26-17-9-3-10-18-26)27-19-11-4-12-20-27;1-2/h1-21H;1-2H3. The van der Waals surface area contributed by atoms with Crippen molar-refractivity contribution in [2.24, 2.45) is 0 Å². The normalized spacial score (nSPS) is 9.87. The first-order valence-corrected chi connectivity index (χ1v) is 12.7. The first-order valence-electron chi connectivity index (χ1n) is 12.7. The summed E-state index contributed by atoms with van der Waals surface area (Å²) in [5, 5.41) is 20.2. The Morgan fingerprint density at radius 1 is 0.487 bits per heavy atom. The fourth-order valence-corrected chi connectivity index (χ4v) is 4.35. The highest BCUT2D eigenvalue weighted by atomic mass is 19.1. The highest BCUT2D eigenvalue weighted by molar-refractivity contribution is 5.88. The molecule has 0 N–H and O–H groups in total. The second-order valence-electron chi connectivity index (χ2n) is 8.22. The van der Waals surface area contributed by atoms with E-state index in [1.165, 1.54) is 0 Å². The van der Waals surface area contributed by atoms with Crippen LogP contribution in [0.25, 0.3) is 0 Å². The molecular formula is C34H27FN4. The molecule has 0 spiro atoms. The Morgan fingerprint density at radius 3 is 0.974 bits per heavy atom. The first kappa shape index (κ1) is 26.7. The van der Waals surface area contributed by atoms with Gasteiger partial charge in [-0.25, -0.2) is 4.39 Å². The number of para-hydroxylation sites is 4. The Labute approximate surface area is 229 Å². The minimum atomic E-state index is -0.855. The molecular weight excluding hydrogens is 483 g/mol. The van der Waals surface area contributed by atoms with Gasteiger partial charge in [-0.2, -0.15) is 10.5 Å². The topological polar surface area (TPSA) is 54.1 Å². The van der Waals surface area contributed by atoms with Crippen LogP contribution in [0.2, 0.25) is 0 Å². The van der Waals surface area contributed by atoms with Crippen molar-refractivity contribution in [3.05, 3.63) is 144 Å². The van der Waals surface area contributed by atoms with Gasteiger partial charge in [0.05, 0.1) is 11.4 Å². The maximum atomic E-state index is 16.1. The molecule has 5 aromatic rings. The molecule has 190 valence electrons. The Balaban J connectivity index is 0.00000172. The molecule has 0 aliphatic carbocycles. The number of benzene rings is 5. The zero-order valence-corrected chi connectivity index (χ0v) is 21.8. The van der Waals surface area contributed by atoms with Crippen molar-refractivity contribution in [1.82, 2.24) is 0 Å². The third kappa shape index (κ3) is 5.49. The Hall–Kier alpha value is -5.39. The summed E-state index contributed by atoms with van der Waals surface area (Å²) in [7, 11) is 0. The lowest BCUT2D eigenvalue weighted by atomic mass is 10.0. The van der Waals surface area contributed by atoms with E-state index < -0.39 is 5.82 Å². The lowest BCUT2D eigenvalue weighted by molar-refractivity contribution is 0.620. The van der Waals surface area contributed by atoms with Gasteiger partial charge in [0.2, 0.25) is 0 Å². The van der Waals surface area contributed by atoms with Gasteiger partial charge < -0.3 is 9.80 Å². The second kappa shape index (κ2) is 12.7. The summed E-state index contributed by atoms with van der Waals surface area (Å²) in [4.78, 5) is 3.67. The zero-order valence-electron chi connectivity index (χ0n) is 21.8. The van der Waals surface area contributed by atoms with Crippen LogP contribution in [-0.2, 0) is 0 Å². The highest BCUT2D eigenvalue weighted by Crippen LogP contribution is 2.44. The number of anilines is 6. The number of hydrogen-bond donors (Lipinski definition) is 0. The maximum absolute atomic E-state index is 16.1. The predicted octanol–water partition coefficient (Wildman–Crippen LogP) is 9.53. The van der Waals surface area contributed by atoms with Crippen molar-refractivity contribution in [1.29, 1.82) is 10.5 Å². The summed E-state index contributed by atoms with van der Waals surface area (Å²) >= 11 is 0. The van der Waals surface area contributed by atoms with E-state index in [-0.39, 0.29) is 11.1 Å². The molecule has 0 aliphatic rings. The molecule has 0 aliphatic heterocycles. The molecule has 5 rings (SSSR count). The molecule has 39 heavy (non-hydrogen) atoms. The minimum Gasteiger partial charge on any atom is -0.309 e. The third-order valence-corrected chi connectivity index (χ3v) is 5.99. The molecule has 0 unspecified atom stereocenters. The monoisotopic (exact) mass is 510 g/mol. The van der Waals surface area contributed by atoms with Gasteiger partial charge >= 0.3 is 0 Å². The van der Waals surface area contributed by atoms with E-state index in [2.05, 4.69) is 0 Å². The van der Waals surface area contributed by atoms with Crippen LogP contribution < -0.4 is 9.80 Å². The van der Waals surface area contributed by atoms with Gasteiger partial charge in [0, 0.05) is 22.7 Å². The van der Waals surface area contributed by atoms with Gasteiger partial charge in [-0.1, -0.05) is 86.6 Å². The number of nitrogens with zero attached hydrogens (tertiary/aromatic N) is 4. The average molecular weight is 511 g/mol. The number of rotatable bonds is 6. The Morgan fingerprint density at radius 2 is 0.744 bits per heavy atom. The molecule has 0 saturated carbocycles. The molecule has 0 radical (unpaired) electrons. The first-order chi connectivity index (χ1) is 19.2. The van der Waals surface area contributed by atoms with Gasteiger partial charge in [-0.05, 0) is 54.6 Å². The summed E-state index contributed by atoms with van der Waals surface area (Å²) in [6.45, 7) is 4.00. The van der Waals surface area contributed by atoms with Crippen molar-refractivity contribution in [3.8, 4) is 12.1 Å². The van der Waals surface area contributed by atoms with Gasteiger partial charge in [0.25, 0.3) is 0 Å². The van der Waals surface area contributed by atoms with Crippen LogP contribution in [0.15, 0.2) is 127 Å². The molecule has 5 heteroatoms. The van der Waals surface area contributed by atoms with Gasteiger partial charge in [0.15, 0.2) is 5.82 Å². The van der Waals surface area contributed by atoms with Crippen LogP contribution in [0.5, 0.6) is 0 Å². The quantitative estimate of drug-likeness (QED) is 0.228. The van der Waals surface area contributed by atoms with Crippen LogP contribution in [-0.4, -0.2) is 0 Å². The van der Waals surface area contributed by atoms with E-state index in [9.17, 15) is 10.5 Å². The van der Waals surface area contributed by atoms with Crippen molar-refractivity contribution in [2.75, 3.05) is 9.80 Å². The van der Waals surface area contributed by atoms with Gasteiger partial charge in [-0.3, -0.25) is 0 Å². The molecule has 0 atom stereocenters. The molecule has 0 aromatic heterocycles. The molecule has 0 bridgehead atoms. The van der Waals surface area contributed by atoms with E-state index in [1.807, 2.05) is 157 Å². The molecule has 4 nitrogen and oxygen atoms in total. The average Bonchev–Trinajstić information content (AvgIpc) is 3.01. The number of halogens is 1. The lowest BCUT2D eigenvalue weighted by Crippen LogP contribution is -2.17. The van der Waals surface area contributed by atoms with Crippen molar-refractivity contribution in [3.63, 3.8) is 0 Å². The third-order valence-electron chi connectivity index (χ3n) is 5.99. The fraction of sp³-hybridized carbons (Fsp3) is 0.0588. The number of hydrogen-bond acceptors (Lipinski definition) is 4. The summed E-state index contributed by atoms with van der Waals surface area (Å²) < 4.78 is 16.1. The summed E-state index contributed by atoms with van der Waals surface area (Å²) in [5.41, 5.74) is 3.30. The SMILES string of the molecule is CC.N#Cc1c(N(c2ccccc2)c2ccccc2)cc(N(c2ccccc2)c2ccccc2)c(C#N)c1F. The van der Waals surface area contributed by atoms with Crippen molar-refractivity contribution >= 4 is 34.1 Å². The van der Waals surface area contributed by atoms with Crippen LogP contribution in [0.4, 0.5) is 38.5 Å². The van der Waals surface area contributed by atoms with Crippen molar-refractivity contribution in [2.45, 2.75) is 13.8 Å². The second-order valence-corrected chi connectivity index (χ2v) is 8.22. The van der Waals surface area contributed by atoms with Crippen LogP contribution >= 0.6 is 0 Å². The van der Waals surface area contributed by atoms with Crippen LogP contribution in [0, 0.1) is 28.5 Å². The molecule has 0 fully saturated rings. The van der Waals surface area contributed by atoms with E-state index in [1.54, 1.807) is 6.07 Å². The largest absolute Gasteiger partial charge is 0.309 e. The molecule has 0 amide bonds. The summed E-state index contributed by atoms with van der Waals surface area (Å²) in [6.07, 6.45) is 0. The van der Waals surface area contributed by atoms with E-state index in [4.69, 9.17) is 0 Å². The molecule has 0 heterocycles. The van der Waals surface area contributed by atoms with Crippen LogP contribution in [0.1, 0.15) is 25.0 Å². The Kier molecular flexibility index (Phi) is 8.70. The fourth-order valence-electron chi connectivity index (χ4n) is 4.35. The Bertz CT molecular complexity index is 1390. The van der Waals surface area contributed by atoms with Gasteiger partial charge in [-0.15, -0.1) is 0 Å². The minimum absolute atomic E-state index is 0.200. The maximum Gasteiger partial charge on any atom is 0.162 e. The lowest BCUT2D eigenvalue weighted by Gasteiger charge is -2.31. The zero-order chi connectivity index (χ0) is 27.6. The summed E-state index contributed by atoms with van der Waals surface area (Å²) in [6, 6.07) is 43.6. The molecule has 0 saturated heterocycles. The van der Waals surface area contributed by atoms with E-state index >= 15 is 4.39 Å². The molecule has 5 aromatic carbocycles. The number of nitriles is 2. The van der Waals surface area contributed by atoms with Gasteiger partial charge in [0.1, 0.15) is 23.3 Å².